The SMILES string of the molecule is Cc1cccc(C)c1O[C@H](C)C(=O)Nc1ccccc1C(=O)NC[C@@H]1CCCO1. The molecule has 0 spiro atoms. The molecule has 0 unspecified atom stereocenters. The number of carbonyl (C=O) groups excluding carboxylic acids is 2. The number of anilines is 1. The highest BCUT2D eigenvalue weighted by molar-refractivity contribution is 6.04. The molecule has 0 radical (unpaired) electrons. The van der Waals surface area contributed by atoms with Gasteiger partial charge in [0.15, 0.2) is 6.10 Å². The average molecular weight is 396 g/mol. The van der Waals surface area contributed by atoms with Crippen LogP contribution in [0.15, 0.2) is 42.5 Å². The number of hydrogen-bond donors (Lipinski definition) is 2. The Kier molecular flexibility index (Phi) is 6.88. The monoisotopic (exact) mass is 396 g/mol. The number of ether oxygens (including phenoxy) is 2. The zero-order chi connectivity index (χ0) is 20.8. The summed E-state index contributed by atoms with van der Waals surface area (Å²) < 4.78 is 11.4. The van der Waals surface area contributed by atoms with Crippen LogP contribution in [0.4, 0.5) is 5.69 Å². The van der Waals surface area contributed by atoms with Crippen molar-refractivity contribution < 1.29 is 19.1 Å². The highest BCUT2D eigenvalue weighted by Crippen LogP contribution is 2.24. The second-order valence-corrected chi connectivity index (χ2v) is 7.36. The quantitative estimate of drug-likeness (QED) is 0.749. The van der Waals surface area contributed by atoms with E-state index in [-0.39, 0.29) is 17.9 Å². The van der Waals surface area contributed by atoms with E-state index in [0.29, 0.717) is 23.5 Å². The van der Waals surface area contributed by atoms with Crippen LogP contribution in [-0.4, -0.2) is 37.2 Å². The van der Waals surface area contributed by atoms with Crippen LogP contribution in [0.5, 0.6) is 5.75 Å². The third kappa shape index (κ3) is 5.35. The molecule has 2 N–H and O–H groups in total. The Morgan fingerprint density at radius 1 is 1.14 bits per heavy atom. The van der Waals surface area contributed by atoms with Crippen molar-refractivity contribution in [2.24, 2.45) is 0 Å². The zero-order valence-corrected chi connectivity index (χ0v) is 17.2. The molecule has 29 heavy (non-hydrogen) atoms. The van der Waals surface area contributed by atoms with Crippen LogP contribution >= 0.6 is 0 Å². The van der Waals surface area contributed by atoms with Gasteiger partial charge in [0.2, 0.25) is 0 Å². The Bertz CT molecular complexity index is 855. The summed E-state index contributed by atoms with van der Waals surface area (Å²) in [7, 11) is 0. The largest absolute Gasteiger partial charge is 0.480 e. The number of rotatable bonds is 7. The summed E-state index contributed by atoms with van der Waals surface area (Å²) in [6, 6.07) is 12.8. The molecule has 3 rings (SSSR count). The third-order valence-electron chi connectivity index (χ3n) is 5.02. The van der Waals surface area contributed by atoms with Crippen LogP contribution in [0.25, 0.3) is 0 Å². The molecule has 154 valence electrons. The lowest BCUT2D eigenvalue weighted by Crippen LogP contribution is -2.34. The summed E-state index contributed by atoms with van der Waals surface area (Å²) in [5.41, 5.74) is 2.81. The smallest absolute Gasteiger partial charge is 0.265 e. The van der Waals surface area contributed by atoms with Crippen molar-refractivity contribution in [1.29, 1.82) is 0 Å². The molecular formula is C23H28N2O4. The zero-order valence-electron chi connectivity index (χ0n) is 17.2. The van der Waals surface area contributed by atoms with Crippen molar-refractivity contribution in [3.05, 3.63) is 59.2 Å². The van der Waals surface area contributed by atoms with Crippen molar-refractivity contribution in [2.45, 2.75) is 45.8 Å². The lowest BCUT2D eigenvalue weighted by atomic mass is 10.1. The maximum absolute atomic E-state index is 12.7. The second kappa shape index (κ2) is 9.56. The minimum atomic E-state index is -0.710. The van der Waals surface area contributed by atoms with Crippen LogP contribution in [-0.2, 0) is 9.53 Å². The minimum Gasteiger partial charge on any atom is -0.480 e. The first-order chi connectivity index (χ1) is 14.0. The normalized spacial score (nSPS) is 16.9. The number of para-hydroxylation sites is 2. The topological polar surface area (TPSA) is 76.7 Å². The van der Waals surface area contributed by atoms with Gasteiger partial charge < -0.3 is 20.1 Å². The lowest BCUT2D eigenvalue weighted by Gasteiger charge is -2.19. The van der Waals surface area contributed by atoms with Crippen LogP contribution in [0.2, 0.25) is 0 Å². The fourth-order valence-corrected chi connectivity index (χ4v) is 3.35. The summed E-state index contributed by atoms with van der Waals surface area (Å²) >= 11 is 0. The summed E-state index contributed by atoms with van der Waals surface area (Å²) in [6.45, 7) is 6.79. The van der Waals surface area contributed by atoms with Gasteiger partial charge >= 0.3 is 0 Å². The van der Waals surface area contributed by atoms with E-state index in [4.69, 9.17) is 9.47 Å². The molecule has 6 heteroatoms. The molecule has 2 aromatic carbocycles. The molecule has 1 fully saturated rings. The number of nitrogens with one attached hydrogen (secondary N) is 2. The number of amides is 2. The van der Waals surface area contributed by atoms with E-state index in [0.717, 1.165) is 30.6 Å². The Morgan fingerprint density at radius 3 is 2.55 bits per heavy atom. The minimum absolute atomic E-state index is 0.0616. The van der Waals surface area contributed by atoms with Gasteiger partial charge in [0.1, 0.15) is 5.75 Å². The van der Waals surface area contributed by atoms with E-state index < -0.39 is 6.10 Å². The Balaban J connectivity index is 1.64. The molecule has 0 aromatic heterocycles. The summed E-state index contributed by atoms with van der Waals surface area (Å²) in [5, 5.41) is 5.71. The number of hydrogen-bond acceptors (Lipinski definition) is 4. The van der Waals surface area contributed by atoms with Gasteiger partial charge in [0.05, 0.1) is 17.4 Å². The van der Waals surface area contributed by atoms with Crippen molar-refractivity contribution >= 4 is 17.5 Å². The second-order valence-electron chi connectivity index (χ2n) is 7.36. The molecule has 6 nitrogen and oxygen atoms in total. The molecule has 2 aromatic rings. The molecule has 0 bridgehead atoms. The maximum atomic E-state index is 12.7. The molecule has 2 atom stereocenters. The summed E-state index contributed by atoms with van der Waals surface area (Å²) in [5.74, 6) is 0.157. The van der Waals surface area contributed by atoms with Crippen molar-refractivity contribution in [3.63, 3.8) is 0 Å². The van der Waals surface area contributed by atoms with E-state index in [2.05, 4.69) is 10.6 Å². The van der Waals surface area contributed by atoms with Gasteiger partial charge in [-0.2, -0.15) is 0 Å². The van der Waals surface area contributed by atoms with Gasteiger partial charge in [-0.1, -0.05) is 30.3 Å². The fourth-order valence-electron chi connectivity index (χ4n) is 3.35. The lowest BCUT2D eigenvalue weighted by molar-refractivity contribution is -0.122. The van der Waals surface area contributed by atoms with Crippen LogP contribution in [0.3, 0.4) is 0 Å². The molecule has 1 aliphatic rings. The predicted molar refractivity (Wildman–Crippen MR) is 112 cm³/mol. The predicted octanol–water partition coefficient (Wildman–Crippen LogP) is 3.62. The van der Waals surface area contributed by atoms with Gasteiger partial charge in [-0.05, 0) is 56.9 Å². The van der Waals surface area contributed by atoms with Gasteiger partial charge in [-0.25, -0.2) is 0 Å². The van der Waals surface area contributed by atoms with Gasteiger partial charge in [-0.3, -0.25) is 9.59 Å². The molecule has 1 saturated heterocycles. The van der Waals surface area contributed by atoms with Gasteiger partial charge in [0.25, 0.3) is 11.8 Å². The van der Waals surface area contributed by atoms with E-state index in [9.17, 15) is 9.59 Å². The van der Waals surface area contributed by atoms with Crippen LogP contribution < -0.4 is 15.4 Å². The van der Waals surface area contributed by atoms with Crippen molar-refractivity contribution in [2.75, 3.05) is 18.5 Å². The molecule has 2 amide bonds. The molecule has 1 aliphatic heterocycles. The maximum Gasteiger partial charge on any atom is 0.265 e. The van der Waals surface area contributed by atoms with Gasteiger partial charge in [0, 0.05) is 13.2 Å². The Morgan fingerprint density at radius 2 is 1.86 bits per heavy atom. The van der Waals surface area contributed by atoms with E-state index >= 15 is 0 Å². The molecule has 0 aliphatic carbocycles. The highest BCUT2D eigenvalue weighted by Gasteiger charge is 2.21. The van der Waals surface area contributed by atoms with Crippen LogP contribution in [0, 0.1) is 13.8 Å². The molecule has 0 saturated carbocycles. The van der Waals surface area contributed by atoms with Crippen molar-refractivity contribution in [1.82, 2.24) is 5.32 Å². The number of benzene rings is 2. The molecular weight excluding hydrogens is 368 g/mol. The van der Waals surface area contributed by atoms with E-state index in [1.165, 1.54) is 0 Å². The number of carbonyl (C=O) groups is 2. The Labute approximate surface area is 171 Å². The summed E-state index contributed by atoms with van der Waals surface area (Å²) in [4.78, 5) is 25.3. The van der Waals surface area contributed by atoms with E-state index in [1.54, 1.807) is 31.2 Å². The first kappa shape index (κ1) is 20.9. The van der Waals surface area contributed by atoms with Crippen LogP contribution in [0.1, 0.15) is 41.3 Å². The fraction of sp³-hybridized carbons (Fsp3) is 0.391. The molecule has 1 heterocycles. The first-order valence-electron chi connectivity index (χ1n) is 9.98. The third-order valence-corrected chi connectivity index (χ3v) is 5.02. The Hall–Kier alpha value is -2.86. The first-order valence-corrected chi connectivity index (χ1v) is 9.98. The highest BCUT2D eigenvalue weighted by atomic mass is 16.5. The number of aryl methyl sites for hydroxylation is 2. The van der Waals surface area contributed by atoms with Gasteiger partial charge in [-0.15, -0.1) is 0 Å². The standard InChI is InChI=1S/C23H28N2O4/c1-15-8-6-9-16(2)21(15)29-17(3)22(26)25-20-12-5-4-11-19(20)23(27)24-14-18-10-7-13-28-18/h4-6,8-9,11-12,17-18H,7,10,13-14H2,1-3H3,(H,24,27)(H,25,26)/t17-,18+/m1/s1. The summed E-state index contributed by atoms with van der Waals surface area (Å²) in [6.07, 6.45) is 1.32. The van der Waals surface area contributed by atoms with E-state index in [1.807, 2.05) is 32.0 Å². The van der Waals surface area contributed by atoms with Crippen molar-refractivity contribution in [3.8, 4) is 5.75 Å². The average Bonchev–Trinajstić information content (AvgIpc) is 3.23.